The first-order valence-electron chi connectivity index (χ1n) is 11.1. The predicted molar refractivity (Wildman–Crippen MR) is 128 cm³/mol. The highest BCUT2D eigenvalue weighted by atomic mass is 16.5. The highest BCUT2D eigenvalue weighted by molar-refractivity contribution is 6.30. The number of amides is 4. The number of carbonyl (C=O) groups excluding carboxylic acids is 3. The van der Waals surface area contributed by atoms with Crippen molar-refractivity contribution in [2.75, 3.05) is 34.4 Å². The lowest BCUT2D eigenvalue weighted by molar-refractivity contribution is -0.134. The Hall–Kier alpha value is -3.81. The summed E-state index contributed by atoms with van der Waals surface area (Å²) in [6.07, 6.45) is 2.52. The fraction of sp³-hybridized carbons (Fsp3) is 0.346. The van der Waals surface area contributed by atoms with Crippen molar-refractivity contribution in [2.45, 2.75) is 26.2 Å². The third kappa shape index (κ3) is 5.39. The maximum atomic E-state index is 12.4. The minimum Gasteiger partial charge on any atom is -0.493 e. The molecule has 8 nitrogen and oxygen atoms in total. The fourth-order valence-corrected chi connectivity index (χ4v) is 3.47. The number of imide groups is 2. The molecule has 0 aliphatic carbocycles. The quantitative estimate of drug-likeness (QED) is 0.314. The SMILES string of the molecule is CC[C@H](C)c1ccc(OCCOc2ccc(C=C3C(=O)N(C)C(=O)N(C)C3=O)cc2OC)cc1. The molecule has 0 saturated carbocycles. The molecule has 4 amide bonds. The van der Waals surface area contributed by atoms with Crippen molar-refractivity contribution in [2.24, 2.45) is 0 Å². The monoisotopic (exact) mass is 466 g/mol. The zero-order valence-electron chi connectivity index (χ0n) is 20.2. The lowest BCUT2D eigenvalue weighted by Crippen LogP contribution is -2.52. The van der Waals surface area contributed by atoms with Crippen LogP contribution in [0.3, 0.4) is 0 Å². The van der Waals surface area contributed by atoms with Crippen LogP contribution >= 0.6 is 0 Å². The van der Waals surface area contributed by atoms with Crippen LogP contribution in [-0.2, 0) is 9.59 Å². The highest BCUT2D eigenvalue weighted by Crippen LogP contribution is 2.30. The van der Waals surface area contributed by atoms with Gasteiger partial charge in [-0.2, -0.15) is 0 Å². The Balaban J connectivity index is 1.63. The maximum Gasteiger partial charge on any atom is 0.333 e. The number of methoxy groups -OCH3 is 1. The second-order valence-corrected chi connectivity index (χ2v) is 8.05. The number of urea groups is 1. The number of nitrogens with zero attached hydrogens (tertiary/aromatic N) is 2. The van der Waals surface area contributed by atoms with Crippen molar-refractivity contribution < 1.29 is 28.6 Å². The molecule has 1 fully saturated rings. The molecule has 0 aromatic heterocycles. The zero-order chi connectivity index (χ0) is 24.8. The Morgan fingerprint density at radius 1 is 0.882 bits per heavy atom. The van der Waals surface area contributed by atoms with Gasteiger partial charge in [-0.1, -0.05) is 32.0 Å². The van der Waals surface area contributed by atoms with E-state index in [-0.39, 0.29) is 5.57 Å². The molecule has 0 N–H and O–H groups in total. The zero-order valence-corrected chi connectivity index (χ0v) is 20.2. The summed E-state index contributed by atoms with van der Waals surface area (Å²) in [5, 5.41) is 0. The van der Waals surface area contributed by atoms with Gasteiger partial charge < -0.3 is 14.2 Å². The molecule has 1 heterocycles. The van der Waals surface area contributed by atoms with E-state index in [1.54, 1.807) is 18.2 Å². The summed E-state index contributed by atoms with van der Waals surface area (Å²) in [7, 11) is 4.17. The number of benzene rings is 2. The van der Waals surface area contributed by atoms with Gasteiger partial charge in [-0.15, -0.1) is 0 Å². The first kappa shape index (κ1) is 24.8. The molecule has 1 aliphatic heterocycles. The number of barbiturate groups is 1. The summed E-state index contributed by atoms with van der Waals surface area (Å²) < 4.78 is 17.0. The fourth-order valence-electron chi connectivity index (χ4n) is 3.47. The van der Waals surface area contributed by atoms with Crippen LogP contribution < -0.4 is 14.2 Å². The Kier molecular flexibility index (Phi) is 7.94. The second-order valence-electron chi connectivity index (χ2n) is 8.05. The summed E-state index contributed by atoms with van der Waals surface area (Å²) in [5.74, 6) is 0.942. The van der Waals surface area contributed by atoms with Crippen LogP contribution in [0.15, 0.2) is 48.0 Å². The minimum atomic E-state index is -0.665. The molecule has 34 heavy (non-hydrogen) atoms. The normalized spacial score (nSPS) is 14.9. The highest BCUT2D eigenvalue weighted by Gasteiger charge is 2.37. The van der Waals surface area contributed by atoms with Gasteiger partial charge in [0.15, 0.2) is 11.5 Å². The molecule has 1 atom stereocenters. The average molecular weight is 467 g/mol. The third-order valence-electron chi connectivity index (χ3n) is 5.81. The summed E-state index contributed by atoms with van der Waals surface area (Å²) >= 11 is 0. The van der Waals surface area contributed by atoms with E-state index in [0.29, 0.717) is 36.2 Å². The second kappa shape index (κ2) is 10.9. The van der Waals surface area contributed by atoms with Gasteiger partial charge in [0.2, 0.25) is 0 Å². The van der Waals surface area contributed by atoms with Gasteiger partial charge in [0.25, 0.3) is 11.8 Å². The number of hydrogen-bond donors (Lipinski definition) is 0. The largest absolute Gasteiger partial charge is 0.493 e. The van der Waals surface area contributed by atoms with E-state index in [2.05, 4.69) is 26.0 Å². The summed E-state index contributed by atoms with van der Waals surface area (Å²) in [4.78, 5) is 38.5. The Morgan fingerprint density at radius 2 is 1.50 bits per heavy atom. The molecule has 180 valence electrons. The van der Waals surface area contributed by atoms with Crippen molar-refractivity contribution in [3.05, 3.63) is 59.2 Å². The number of hydrogen-bond acceptors (Lipinski definition) is 6. The molecule has 0 radical (unpaired) electrons. The molecular formula is C26H30N2O6. The van der Waals surface area contributed by atoms with Crippen molar-refractivity contribution in [1.82, 2.24) is 9.80 Å². The smallest absolute Gasteiger partial charge is 0.333 e. The van der Waals surface area contributed by atoms with Gasteiger partial charge in [0, 0.05) is 14.1 Å². The number of ether oxygens (including phenoxy) is 3. The molecule has 0 bridgehead atoms. The topological polar surface area (TPSA) is 85.4 Å². The summed E-state index contributed by atoms with van der Waals surface area (Å²) in [6, 6.07) is 12.5. The third-order valence-corrected chi connectivity index (χ3v) is 5.81. The summed E-state index contributed by atoms with van der Waals surface area (Å²) in [5.41, 5.74) is 1.75. The standard InChI is InChI=1S/C26H30N2O6/c1-6-17(2)19-8-10-20(11-9-19)33-13-14-34-22-12-7-18(16-23(22)32-5)15-21-24(29)27(3)26(31)28(4)25(21)30/h7-12,15-17H,6,13-14H2,1-5H3/t17-/m0/s1. The molecule has 1 saturated heterocycles. The molecule has 2 aromatic rings. The average Bonchev–Trinajstić information content (AvgIpc) is 2.87. The van der Waals surface area contributed by atoms with Gasteiger partial charge in [0.05, 0.1) is 7.11 Å². The lowest BCUT2D eigenvalue weighted by atomic mass is 9.99. The van der Waals surface area contributed by atoms with Crippen LogP contribution in [-0.4, -0.2) is 62.1 Å². The first-order valence-corrected chi connectivity index (χ1v) is 11.1. The van der Waals surface area contributed by atoms with E-state index in [4.69, 9.17) is 14.2 Å². The van der Waals surface area contributed by atoms with Crippen LogP contribution in [0, 0.1) is 0 Å². The van der Waals surface area contributed by atoms with E-state index in [9.17, 15) is 14.4 Å². The van der Waals surface area contributed by atoms with Crippen LogP contribution in [0.5, 0.6) is 17.2 Å². The van der Waals surface area contributed by atoms with E-state index < -0.39 is 17.8 Å². The molecule has 0 unspecified atom stereocenters. The predicted octanol–water partition coefficient (Wildman–Crippen LogP) is 4.10. The van der Waals surface area contributed by atoms with Crippen LogP contribution in [0.4, 0.5) is 4.79 Å². The van der Waals surface area contributed by atoms with Gasteiger partial charge in [-0.05, 0) is 53.8 Å². The van der Waals surface area contributed by atoms with E-state index >= 15 is 0 Å². The number of carbonyl (C=O) groups is 3. The van der Waals surface area contributed by atoms with E-state index in [1.165, 1.54) is 32.8 Å². The Labute approximate surface area is 199 Å². The van der Waals surface area contributed by atoms with Crippen LogP contribution in [0.25, 0.3) is 6.08 Å². The number of likely N-dealkylation sites (N-methyl/N-ethyl adjacent to an activating group) is 2. The van der Waals surface area contributed by atoms with Crippen LogP contribution in [0.1, 0.15) is 37.3 Å². The van der Waals surface area contributed by atoms with Gasteiger partial charge in [-0.3, -0.25) is 19.4 Å². The number of rotatable bonds is 9. The first-order chi connectivity index (χ1) is 16.3. The Bertz CT molecular complexity index is 1070. The molecule has 3 rings (SSSR count). The van der Waals surface area contributed by atoms with E-state index in [1.807, 2.05) is 12.1 Å². The van der Waals surface area contributed by atoms with Gasteiger partial charge in [0.1, 0.15) is 24.5 Å². The van der Waals surface area contributed by atoms with Crippen LogP contribution in [0.2, 0.25) is 0 Å². The molecule has 1 aliphatic rings. The molecule has 2 aromatic carbocycles. The molecule has 0 spiro atoms. The summed E-state index contributed by atoms with van der Waals surface area (Å²) in [6.45, 7) is 5.02. The Morgan fingerprint density at radius 3 is 2.09 bits per heavy atom. The van der Waals surface area contributed by atoms with Crippen molar-refractivity contribution in [1.29, 1.82) is 0 Å². The van der Waals surface area contributed by atoms with Gasteiger partial charge in [-0.25, -0.2) is 4.79 Å². The minimum absolute atomic E-state index is 0.104. The van der Waals surface area contributed by atoms with Crippen molar-refractivity contribution in [3.63, 3.8) is 0 Å². The van der Waals surface area contributed by atoms with Gasteiger partial charge >= 0.3 is 6.03 Å². The lowest BCUT2D eigenvalue weighted by Gasteiger charge is -2.28. The molecule has 8 heteroatoms. The van der Waals surface area contributed by atoms with E-state index in [0.717, 1.165) is 22.0 Å². The van der Waals surface area contributed by atoms with Crippen molar-refractivity contribution in [3.8, 4) is 17.2 Å². The molecular weight excluding hydrogens is 436 g/mol. The van der Waals surface area contributed by atoms with Crippen molar-refractivity contribution >= 4 is 23.9 Å². The maximum absolute atomic E-state index is 12.4.